The highest BCUT2D eigenvalue weighted by molar-refractivity contribution is 9.10. The maximum atomic E-state index is 4.75. The van der Waals surface area contributed by atoms with Gasteiger partial charge in [0.1, 0.15) is 5.82 Å². The molecule has 2 heterocycles. The summed E-state index contributed by atoms with van der Waals surface area (Å²) in [5, 5.41) is 3.39. The number of aryl methyl sites for hydroxylation is 1. The van der Waals surface area contributed by atoms with Crippen LogP contribution in [0.25, 0.3) is 0 Å². The number of nitrogens with one attached hydrogen (secondary N) is 1. The number of para-hydroxylation sites is 1. The molecule has 0 saturated carbocycles. The van der Waals surface area contributed by atoms with Crippen molar-refractivity contribution >= 4 is 33.4 Å². The fourth-order valence-corrected chi connectivity index (χ4v) is 3.51. The van der Waals surface area contributed by atoms with Crippen molar-refractivity contribution < 1.29 is 0 Å². The van der Waals surface area contributed by atoms with E-state index in [1.165, 1.54) is 11.1 Å². The lowest BCUT2D eigenvalue weighted by atomic mass is 10.0. The standard InChI is InChI=1S/C20H19BrN4/c1-14-12-19(23-18-9-5-4-8-17(18)21)24-20(22-14)25-11-10-15-6-2-3-7-16(15)13-25/h2-9,12H,10-11,13H2,1H3,(H,22,23,24). The van der Waals surface area contributed by atoms with E-state index in [9.17, 15) is 0 Å². The van der Waals surface area contributed by atoms with Gasteiger partial charge in [-0.05, 0) is 52.5 Å². The molecule has 1 aromatic heterocycles. The smallest absolute Gasteiger partial charge is 0.227 e. The molecule has 1 N–H and O–H groups in total. The molecule has 1 aliphatic heterocycles. The monoisotopic (exact) mass is 394 g/mol. The Morgan fingerprint density at radius 1 is 1.00 bits per heavy atom. The Labute approximate surface area is 156 Å². The average molecular weight is 395 g/mol. The van der Waals surface area contributed by atoms with Crippen LogP contribution in [0.1, 0.15) is 16.8 Å². The molecule has 0 unspecified atom stereocenters. The van der Waals surface area contributed by atoms with Crippen LogP contribution in [0.5, 0.6) is 0 Å². The van der Waals surface area contributed by atoms with E-state index in [0.29, 0.717) is 0 Å². The van der Waals surface area contributed by atoms with Gasteiger partial charge >= 0.3 is 0 Å². The molecule has 4 rings (SSSR count). The molecular formula is C20H19BrN4. The summed E-state index contributed by atoms with van der Waals surface area (Å²) in [6.07, 6.45) is 1.03. The van der Waals surface area contributed by atoms with Gasteiger partial charge in [0.25, 0.3) is 0 Å². The number of hydrogen-bond acceptors (Lipinski definition) is 4. The summed E-state index contributed by atoms with van der Waals surface area (Å²) in [4.78, 5) is 11.7. The molecule has 25 heavy (non-hydrogen) atoms. The second kappa shape index (κ2) is 6.84. The molecule has 0 saturated heterocycles. The predicted molar refractivity (Wildman–Crippen MR) is 105 cm³/mol. The molecule has 3 aromatic rings. The molecule has 4 nitrogen and oxygen atoms in total. The first-order chi connectivity index (χ1) is 12.2. The summed E-state index contributed by atoms with van der Waals surface area (Å²) < 4.78 is 1.01. The first-order valence-electron chi connectivity index (χ1n) is 8.38. The van der Waals surface area contributed by atoms with Gasteiger partial charge in [-0.15, -0.1) is 0 Å². The highest BCUT2D eigenvalue weighted by Gasteiger charge is 2.19. The number of halogens is 1. The Morgan fingerprint density at radius 2 is 1.76 bits per heavy atom. The van der Waals surface area contributed by atoms with Crippen LogP contribution >= 0.6 is 15.9 Å². The summed E-state index contributed by atoms with van der Waals surface area (Å²) >= 11 is 3.57. The molecular weight excluding hydrogens is 376 g/mol. The Morgan fingerprint density at radius 3 is 2.60 bits per heavy atom. The van der Waals surface area contributed by atoms with Crippen LogP contribution in [-0.4, -0.2) is 16.5 Å². The van der Waals surface area contributed by atoms with Crippen molar-refractivity contribution in [3.63, 3.8) is 0 Å². The Bertz CT molecular complexity index is 910. The Balaban J connectivity index is 1.61. The van der Waals surface area contributed by atoms with Crippen LogP contribution in [0.3, 0.4) is 0 Å². The molecule has 5 heteroatoms. The zero-order chi connectivity index (χ0) is 17.2. The minimum Gasteiger partial charge on any atom is -0.339 e. The van der Waals surface area contributed by atoms with E-state index < -0.39 is 0 Å². The molecule has 0 spiro atoms. The van der Waals surface area contributed by atoms with E-state index in [1.807, 2.05) is 37.3 Å². The minimum absolute atomic E-state index is 0.782. The van der Waals surface area contributed by atoms with E-state index >= 15 is 0 Å². The number of rotatable bonds is 3. The van der Waals surface area contributed by atoms with Gasteiger partial charge in [-0.3, -0.25) is 0 Å². The number of benzene rings is 2. The zero-order valence-corrected chi connectivity index (χ0v) is 15.6. The lowest BCUT2D eigenvalue weighted by Gasteiger charge is -2.29. The van der Waals surface area contributed by atoms with Gasteiger partial charge in [-0.2, -0.15) is 4.98 Å². The largest absolute Gasteiger partial charge is 0.339 e. The summed E-state index contributed by atoms with van der Waals surface area (Å²) in [6, 6.07) is 18.6. The van der Waals surface area contributed by atoms with Crippen molar-refractivity contribution in [3.8, 4) is 0 Å². The van der Waals surface area contributed by atoms with Crippen LogP contribution in [-0.2, 0) is 13.0 Å². The predicted octanol–water partition coefficient (Wildman–Crippen LogP) is 4.85. The van der Waals surface area contributed by atoms with Crippen LogP contribution in [0.4, 0.5) is 17.5 Å². The number of fused-ring (bicyclic) bond motifs is 1. The lowest BCUT2D eigenvalue weighted by molar-refractivity contribution is 0.706. The molecule has 0 atom stereocenters. The SMILES string of the molecule is Cc1cc(Nc2ccccc2Br)nc(N2CCc3ccccc3C2)n1. The van der Waals surface area contributed by atoms with Crippen molar-refractivity contribution in [2.75, 3.05) is 16.8 Å². The van der Waals surface area contributed by atoms with Crippen molar-refractivity contribution in [1.29, 1.82) is 0 Å². The highest BCUT2D eigenvalue weighted by Crippen LogP contribution is 2.27. The van der Waals surface area contributed by atoms with Crippen LogP contribution in [0.2, 0.25) is 0 Å². The van der Waals surface area contributed by atoms with Gasteiger partial charge in [0, 0.05) is 29.3 Å². The third-order valence-electron chi connectivity index (χ3n) is 4.39. The normalized spacial score (nSPS) is 13.4. The molecule has 0 amide bonds. The molecule has 0 radical (unpaired) electrons. The number of hydrogen-bond donors (Lipinski definition) is 1. The number of anilines is 3. The van der Waals surface area contributed by atoms with Crippen LogP contribution < -0.4 is 10.2 Å². The molecule has 0 fully saturated rings. The van der Waals surface area contributed by atoms with Gasteiger partial charge in [-0.1, -0.05) is 36.4 Å². The topological polar surface area (TPSA) is 41.1 Å². The van der Waals surface area contributed by atoms with Crippen molar-refractivity contribution in [1.82, 2.24) is 9.97 Å². The average Bonchev–Trinajstić information content (AvgIpc) is 2.63. The first kappa shape index (κ1) is 16.1. The molecule has 126 valence electrons. The van der Waals surface area contributed by atoms with E-state index in [0.717, 1.165) is 47.1 Å². The van der Waals surface area contributed by atoms with Crippen molar-refractivity contribution in [2.24, 2.45) is 0 Å². The van der Waals surface area contributed by atoms with Gasteiger partial charge in [0.05, 0.1) is 5.69 Å². The third kappa shape index (κ3) is 3.51. The van der Waals surface area contributed by atoms with Crippen LogP contribution in [0.15, 0.2) is 59.1 Å². The molecule has 2 aromatic carbocycles. The first-order valence-corrected chi connectivity index (χ1v) is 9.17. The van der Waals surface area contributed by atoms with E-state index in [4.69, 9.17) is 4.98 Å². The van der Waals surface area contributed by atoms with Gasteiger partial charge in [0.2, 0.25) is 5.95 Å². The molecule has 0 bridgehead atoms. The summed E-state index contributed by atoms with van der Waals surface area (Å²) in [7, 11) is 0. The van der Waals surface area contributed by atoms with Gasteiger partial charge < -0.3 is 10.2 Å². The minimum atomic E-state index is 0.782. The summed E-state index contributed by atoms with van der Waals surface area (Å²) in [5.74, 6) is 1.59. The summed E-state index contributed by atoms with van der Waals surface area (Å²) in [5.41, 5.74) is 4.74. The maximum Gasteiger partial charge on any atom is 0.227 e. The van der Waals surface area contributed by atoms with Gasteiger partial charge in [-0.25, -0.2) is 4.98 Å². The second-order valence-corrected chi connectivity index (χ2v) is 7.09. The number of aromatic nitrogens is 2. The fraction of sp³-hybridized carbons (Fsp3) is 0.200. The lowest BCUT2D eigenvalue weighted by Crippen LogP contribution is -2.32. The Hall–Kier alpha value is -2.40. The summed E-state index contributed by atoms with van der Waals surface area (Å²) in [6.45, 7) is 3.80. The highest BCUT2D eigenvalue weighted by atomic mass is 79.9. The third-order valence-corrected chi connectivity index (χ3v) is 5.08. The van der Waals surface area contributed by atoms with Crippen molar-refractivity contribution in [2.45, 2.75) is 19.9 Å². The maximum absolute atomic E-state index is 4.75. The number of nitrogens with zero attached hydrogens (tertiary/aromatic N) is 3. The molecule has 0 aliphatic carbocycles. The quantitative estimate of drug-likeness (QED) is 0.688. The zero-order valence-electron chi connectivity index (χ0n) is 14.0. The van der Waals surface area contributed by atoms with Crippen LogP contribution in [0, 0.1) is 6.92 Å². The Kier molecular flexibility index (Phi) is 4.40. The van der Waals surface area contributed by atoms with E-state index in [-0.39, 0.29) is 0 Å². The van der Waals surface area contributed by atoms with E-state index in [1.54, 1.807) is 0 Å². The van der Waals surface area contributed by atoms with Crippen molar-refractivity contribution in [3.05, 3.63) is 75.9 Å². The fourth-order valence-electron chi connectivity index (χ4n) is 3.13. The second-order valence-electron chi connectivity index (χ2n) is 6.24. The van der Waals surface area contributed by atoms with E-state index in [2.05, 4.69) is 55.4 Å². The molecule has 1 aliphatic rings. The van der Waals surface area contributed by atoms with Gasteiger partial charge in [0.15, 0.2) is 0 Å².